The number of halogens is 2. The van der Waals surface area contributed by atoms with Crippen LogP contribution in [0.15, 0.2) is 73.1 Å². The highest BCUT2D eigenvalue weighted by Crippen LogP contribution is 2.32. The van der Waals surface area contributed by atoms with Gasteiger partial charge in [-0.1, -0.05) is 35.3 Å². The second-order valence-corrected chi connectivity index (χ2v) is 6.14. The molecule has 2 aromatic carbocycles. The van der Waals surface area contributed by atoms with E-state index in [1.165, 1.54) is 0 Å². The molecule has 2 nitrogen and oxygen atoms in total. The molecule has 0 spiro atoms. The van der Waals surface area contributed by atoms with Gasteiger partial charge >= 0.3 is 0 Å². The van der Waals surface area contributed by atoms with Crippen molar-refractivity contribution in [1.82, 2.24) is 9.55 Å². The summed E-state index contributed by atoms with van der Waals surface area (Å²) in [5, 5.41) is 2.55. The van der Waals surface area contributed by atoms with Gasteiger partial charge in [-0.25, -0.2) is 4.98 Å². The molecule has 4 rings (SSSR count). The van der Waals surface area contributed by atoms with E-state index in [2.05, 4.69) is 21.8 Å². The highest BCUT2D eigenvalue weighted by Gasteiger charge is 2.12. The first kappa shape index (κ1) is 14.3. The first-order valence-corrected chi connectivity index (χ1v) is 7.96. The van der Waals surface area contributed by atoms with Gasteiger partial charge in [0.1, 0.15) is 5.65 Å². The number of hydrogen-bond donors (Lipinski definition) is 0. The monoisotopic (exact) mass is 338 g/mol. The lowest BCUT2D eigenvalue weighted by molar-refractivity contribution is 1.09. The van der Waals surface area contributed by atoms with Gasteiger partial charge in [0.15, 0.2) is 0 Å². The third-order valence-corrected chi connectivity index (χ3v) is 4.33. The molecular formula is C19H12Cl2N2. The molecule has 0 fully saturated rings. The molecule has 0 saturated heterocycles. The summed E-state index contributed by atoms with van der Waals surface area (Å²) in [6.45, 7) is 0. The van der Waals surface area contributed by atoms with Gasteiger partial charge in [-0.2, -0.15) is 0 Å². The van der Waals surface area contributed by atoms with Gasteiger partial charge in [-0.3, -0.25) is 0 Å². The van der Waals surface area contributed by atoms with Crippen molar-refractivity contribution < 1.29 is 0 Å². The molecule has 0 unspecified atom stereocenters. The number of rotatable bonds is 2. The van der Waals surface area contributed by atoms with Gasteiger partial charge in [-0.15, -0.1) is 0 Å². The summed E-state index contributed by atoms with van der Waals surface area (Å²) in [6, 6.07) is 19.6. The van der Waals surface area contributed by atoms with Gasteiger partial charge in [0.2, 0.25) is 0 Å². The Kier molecular flexibility index (Phi) is 3.56. The third kappa shape index (κ3) is 2.61. The number of nitrogens with zero attached hydrogens (tertiary/aromatic N) is 2. The molecule has 0 N–H and O–H groups in total. The molecule has 4 heteroatoms. The maximum atomic E-state index is 6.00. The van der Waals surface area contributed by atoms with Crippen molar-refractivity contribution in [2.75, 3.05) is 0 Å². The van der Waals surface area contributed by atoms with Crippen molar-refractivity contribution in [3.63, 3.8) is 0 Å². The molecule has 4 aromatic rings. The van der Waals surface area contributed by atoms with Crippen LogP contribution < -0.4 is 0 Å². The SMILES string of the molecule is Clc1ccc(-c2cn(-c3ccc(Cl)cc3)c3ncccc23)cc1. The third-order valence-electron chi connectivity index (χ3n) is 3.82. The zero-order chi connectivity index (χ0) is 15.8. The summed E-state index contributed by atoms with van der Waals surface area (Å²) in [6.07, 6.45) is 3.91. The Morgan fingerprint density at radius 3 is 2.13 bits per heavy atom. The molecule has 23 heavy (non-hydrogen) atoms. The van der Waals surface area contributed by atoms with E-state index in [-0.39, 0.29) is 0 Å². The van der Waals surface area contributed by atoms with E-state index in [9.17, 15) is 0 Å². The molecule has 2 aromatic heterocycles. The van der Waals surface area contributed by atoms with Gasteiger partial charge in [0.05, 0.1) is 0 Å². The zero-order valence-electron chi connectivity index (χ0n) is 12.1. The van der Waals surface area contributed by atoms with Gasteiger partial charge in [0, 0.05) is 39.1 Å². The normalized spacial score (nSPS) is 11.0. The fourth-order valence-corrected chi connectivity index (χ4v) is 2.97. The summed E-state index contributed by atoms with van der Waals surface area (Å²) in [5.74, 6) is 0. The summed E-state index contributed by atoms with van der Waals surface area (Å²) in [5.41, 5.74) is 4.18. The average molecular weight is 339 g/mol. The Morgan fingerprint density at radius 2 is 1.43 bits per heavy atom. The number of aromatic nitrogens is 2. The summed E-state index contributed by atoms with van der Waals surface area (Å²) in [4.78, 5) is 4.55. The average Bonchev–Trinajstić information content (AvgIpc) is 2.96. The smallest absolute Gasteiger partial charge is 0.145 e. The fourth-order valence-electron chi connectivity index (χ4n) is 2.72. The van der Waals surface area contributed by atoms with E-state index >= 15 is 0 Å². The Balaban J connectivity index is 1.96. The first-order chi connectivity index (χ1) is 11.2. The van der Waals surface area contributed by atoms with Crippen LogP contribution in [0.25, 0.3) is 27.8 Å². The number of pyridine rings is 1. The van der Waals surface area contributed by atoms with Crippen LogP contribution in [0.3, 0.4) is 0 Å². The van der Waals surface area contributed by atoms with Crippen LogP contribution in [0.1, 0.15) is 0 Å². The summed E-state index contributed by atoms with van der Waals surface area (Å²) in [7, 11) is 0. The van der Waals surface area contributed by atoms with E-state index in [1.54, 1.807) is 6.20 Å². The Bertz CT molecular complexity index is 891. The second-order valence-electron chi connectivity index (χ2n) is 5.27. The van der Waals surface area contributed by atoms with Gasteiger partial charge in [0.25, 0.3) is 0 Å². The van der Waals surface area contributed by atoms with Gasteiger partial charge < -0.3 is 4.57 Å². The quantitative estimate of drug-likeness (QED) is 0.438. The number of benzene rings is 2. The molecule has 0 aliphatic heterocycles. The Morgan fingerprint density at radius 1 is 0.783 bits per heavy atom. The van der Waals surface area contributed by atoms with Crippen molar-refractivity contribution >= 4 is 34.2 Å². The lowest BCUT2D eigenvalue weighted by Gasteiger charge is -2.04. The van der Waals surface area contributed by atoms with Crippen LogP contribution >= 0.6 is 23.2 Å². The first-order valence-electron chi connectivity index (χ1n) is 7.20. The van der Waals surface area contributed by atoms with Crippen LogP contribution in [0.4, 0.5) is 0 Å². The predicted molar refractivity (Wildman–Crippen MR) is 96.5 cm³/mol. The van der Waals surface area contributed by atoms with Crippen LogP contribution in [0, 0.1) is 0 Å². The molecule has 2 heterocycles. The van der Waals surface area contributed by atoms with E-state index in [4.69, 9.17) is 23.2 Å². The highest BCUT2D eigenvalue weighted by molar-refractivity contribution is 6.30. The highest BCUT2D eigenvalue weighted by atomic mass is 35.5. The van der Waals surface area contributed by atoms with Gasteiger partial charge in [-0.05, 0) is 54.1 Å². The number of hydrogen-bond acceptors (Lipinski definition) is 1. The molecule has 0 atom stereocenters. The largest absolute Gasteiger partial charge is 0.301 e. The molecule has 0 saturated carbocycles. The van der Waals surface area contributed by atoms with Crippen LogP contribution in [0.5, 0.6) is 0 Å². The molecule has 0 radical (unpaired) electrons. The van der Waals surface area contributed by atoms with E-state index in [0.717, 1.165) is 37.9 Å². The van der Waals surface area contributed by atoms with Crippen molar-refractivity contribution in [3.05, 3.63) is 83.1 Å². The molecule has 0 aliphatic carbocycles. The van der Waals surface area contributed by atoms with Crippen molar-refractivity contribution in [2.24, 2.45) is 0 Å². The van der Waals surface area contributed by atoms with Crippen molar-refractivity contribution in [1.29, 1.82) is 0 Å². The fraction of sp³-hybridized carbons (Fsp3) is 0. The van der Waals surface area contributed by atoms with E-state index in [0.29, 0.717) is 0 Å². The van der Waals surface area contributed by atoms with E-state index < -0.39 is 0 Å². The van der Waals surface area contributed by atoms with Crippen LogP contribution in [0.2, 0.25) is 10.0 Å². The minimum Gasteiger partial charge on any atom is -0.301 e. The lowest BCUT2D eigenvalue weighted by Crippen LogP contribution is -1.92. The Labute approximate surface area is 143 Å². The van der Waals surface area contributed by atoms with Crippen LogP contribution in [-0.4, -0.2) is 9.55 Å². The van der Waals surface area contributed by atoms with E-state index in [1.807, 2.05) is 54.6 Å². The molecule has 112 valence electrons. The second kappa shape index (κ2) is 5.73. The topological polar surface area (TPSA) is 17.8 Å². The maximum Gasteiger partial charge on any atom is 0.145 e. The van der Waals surface area contributed by atoms with Crippen LogP contribution in [-0.2, 0) is 0 Å². The molecular weight excluding hydrogens is 327 g/mol. The molecule has 0 aliphatic rings. The summed E-state index contributed by atoms with van der Waals surface area (Å²) < 4.78 is 2.08. The maximum absolute atomic E-state index is 6.00. The van der Waals surface area contributed by atoms with Crippen molar-refractivity contribution in [2.45, 2.75) is 0 Å². The standard InChI is InChI=1S/C19H12Cl2N2/c20-14-5-3-13(4-6-14)18-12-23(16-9-7-15(21)8-10-16)19-17(18)2-1-11-22-19/h1-12H. The number of fused-ring (bicyclic) bond motifs is 1. The molecule has 0 bridgehead atoms. The minimum absolute atomic E-state index is 0.719. The summed E-state index contributed by atoms with van der Waals surface area (Å²) >= 11 is 12.0. The zero-order valence-corrected chi connectivity index (χ0v) is 13.6. The minimum atomic E-state index is 0.719. The lowest BCUT2D eigenvalue weighted by atomic mass is 10.1. The predicted octanol–water partition coefficient (Wildman–Crippen LogP) is 6.00. The van der Waals surface area contributed by atoms with Crippen molar-refractivity contribution in [3.8, 4) is 16.8 Å². The Hall–Kier alpha value is -2.29. The molecule has 0 amide bonds.